The van der Waals surface area contributed by atoms with E-state index in [1.54, 1.807) is 5.32 Å². The summed E-state index contributed by atoms with van der Waals surface area (Å²) in [6.45, 7) is -14.0. The second-order valence-corrected chi connectivity index (χ2v) is 5.17. The first kappa shape index (κ1) is 6.96. The topological polar surface area (TPSA) is 98.7 Å². The molecule has 26 heavy (non-hydrogen) atoms. The quantitative estimate of drug-likeness (QED) is 0.690. The fraction of sp³-hybridized carbons (Fsp3) is 0.526. The Labute approximate surface area is 177 Å². The number of hydrogen-bond donors (Lipinski definition) is 3. The minimum absolute atomic E-state index is 0.306. The van der Waals surface area contributed by atoms with E-state index in [2.05, 4.69) is 0 Å². The van der Waals surface area contributed by atoms with Crippen LogP contribution >= 0.6 is 0 Å². The second-order valence-electron chi connectivity index (χ2n) is 5.17. The van der Waals surface area contributed by atoms with E-state index in [0.29, 0.717) is 4.90 Å². The van der Waals surface area contributed by atoms with Gasteiger partial charge in [-0.05, 0) is 30.3 Å². The Morgan fingerprint density at radius 2 is 2.15 bits per heavy atom. The first-order chi connectivity index (χ1) is 19.0. The predicted octanol–water partition coefficient (Wildman–Crippen LogP) is 0.380. The summed E-state index contributed by atoms with van der Waals surface area (Å²) < 4.78 is 133. The molecule has 1 aromatic rings. The number of carbonyl (C=O) groups is 3. The molecule has 3 N–H and O–H groups in total. The van der Waals surface area contributed by atoms with Gasteiger partial charge in [-0.1, -0.05) is 37.9 Å². The molecule has 7 heteroatoms. The lowest BCUT2D eigenvalue weighted by Crippen LogP contribution is -2.51. The smallest absolute Gasteiger partial charge is 0.249 e. The monoisotopic (exact) mass is 378 g/mol. The van der Waals surface area contributed by atoms with Crippen LogP contribution in [0.5, 0.6) is 0 Å². The molecule has 0 aliphatic carbocycles. The van der Waals surface area contributed by atoms with Crippen molar-refractivity contribution in [2.24, 2.45) is 5.89 Å². The number of aliphatic hydroxyl groups excluding tert-OH is 1. The normalized spacial score (nSPS) is 35.5. The summed E-state index contributed by atoms with van der Waals surface area (Å²) in [4.78, 5) is 39.8. The fourth-order valence-electron chi connectivity index (χ4n) is 1.96. The van der Waals surface area contributed by atoms with Crippen molar-refractivity contribution in [3.05, 3.63) is 35.3 Å². The minimum Gasteiger partial charge on any atom is -0.383 e. The van der Waals surface area contributed by atoms with E-state index >= 15 is 0 Å². The van der Waals surface area contributed by atoms with Crippen LogP contribution in [0, 0.1) is 5.89 Å². The summed E-state index contributed by atoms with van der Waals surface area (Å²) in [6, 6.07) is -9.98. The van der Waals surface area contributed by atoms with Gasteiger partial charge in [-0.25, -0.2) is 0 Å². The molecule has 0 unspecified atom stereocenters. The van der Waals surface area contributed by atoms with Gasteiger partial charge in [0.25, 0.3) is 0 Å². The summed E-state index contributed by atoms with van der Waals surface area (Å²) in [5, 5.41) is 13.4. The lowest BCUT2D eigenvalue weighted by molar-refractivity contribution is -0.137. The highest BCUT2D eigenvalue weighted by molar-refractivity contribution is 5.93. The van der Waals surface area contributed by atoms with E-state index in [4.69, 9.17) is 23.3 Å². The fourth-order valence-corrected chi connectivity index (χ4v) is 1.96. The van der Waals surface area contributed by atoms with Crippen molar-refractivity contribution in [1.82, 2.24) is 15.5 Å². The zero-order chi connectivity index (χ0) is 34.0. The van der Waals surface area contributed by atoms with E-state index in [9.17, 15) is 19.5 Å². The number of amides is 3. The molecule has 0 bridgehead atoms. The molecule has 1 aromatic carbocycles. The van der Waals surface area contributed by atoms with Crippen molar-refractivity contribution >= 4 is 17.7 Å². The Morgan fingerprint density at radius 3 is 2.85 bits per heavy atom. The molecule has 3 atom stereocenters. The van der Waals surface area contributed by atoms with Gasteiger partial charge in [0.15, 0.2) is 0 Å². The maximum Gasteiger partial charge on any atom is 0.249 e. The molecule has 1 aliphatic heterocycles. The van der Waals surface area contributed by atoms with E-state index in [0.717, 1.165) is 7.05 Å². The van der Waals surface area contributed by atoms with Crippen LogP contribution in [0.1, 0.15) is 61.0 Å². The third-order valence-electron chi connectivity index (χ3n) is 3.35. The Hall–Kier alpha value is -2.41. The second kappa shape index (κ2) is 8.31. The number of carbonyl (C=O) groups excluding carboxylic acids is 3. The van der Waals surface area contributed by atoms with Crippen molar-refractivity contribution in [2.75, 3.05) is 13.5 Å². The molecule has 7 nitrogen and oxygen atoms in total. The number of fused-ring (bicyclic) bond motifs is 1. The number of benzene rings is 1. The summed E-state index contributed by atoms with van der Waals surface area (Å²) >= 11 is 0. The molecule has 142 valence electrons. The minimum atomic E-state index is -3.91. The van der Waals surface area contributed by atoms with Crippen LogP contribution in [-0.2, 0) is 20.8 Å². The van der Waals surface area contributed by atoms with Gasteiger partial charge in [0.2, 0.25) is 17.7 Å². The SMILES string of the molecule is [2H]c1c([2H])c([2H])c2c(c1[2H])CC([2H])([2H])N(C)C(=O)[C@@]2([2H])NC(=O)[C@@H](NC(=O)[C@@H](O)C([2H])(C([2H])([2H])[2H])C([2H])([2H])[2H])C([2H])([2H])[2H]. The number of rotatable bonds is 5. The van der Waals surface area contributed by atoms with Gasteiger partial charge in [-0.3, -0.25) is 14.4 Å². The highest BCUT2D eigenvalue weighted by atomic mass is 16.3. The largest absolute Gasteiger partial charge is 0.383 e. The van der Waals surface area contributed by atoms with Gasteiger partial charge in [0.1, 0.15) is 18.2 Å². The van der Waals surface area contributed by atoms with Gasteiger partial charge in [-0.2, -0.15) is 0 Å². The van der Waals surface area contributed by atoms with Crippen LogP contribution in [0.4, 0.5) is 0 Å². The Balaban J connectivity index is 2.70. The van der Waals surface area contributed by atoms with E-state index in [1.807, 2.05) is 0 Å². The highest BCUT2D eigenvalue weighted by Gasteiger charge is 2.32. The van der Waals surface area contributed by atoms with Gasteiger partial charge in [0, 0.05) is 30.0 Å². The highest BCUT2D eigenvalue weighted by Crippen LogP contribution is 2.24. The number of likely N-dealkylation sites (N-methyl/N-ethyl adjacent to an activating group) is 1. The molecule has 0 aromatic heterocycles. The molecule has 0 saturated heterocycles. The van der Waals surface area contributed by atoms with Crippen molar-refractivity contribution in [3.8, 4) is 0 Å². The van der Waals surface area contributed by atoms with Gasteiger partial charge in [0.05, 0.1) is 6.85 Å². The molecule has 0 saturated carbocycles. The first-order valence-corrected chi connectivity index (χ1v) is 7.17. The molecular formula is C19H27N3O4. The summed E-state index contributed by atoms with van der Waals surface area (Å²) in [7, 11) is 0.844. The number of nitrogens with zero attached hydrogens (tertiary/aromatic N) is 1. The third-order valence-corrected chi connectivity index (χ3v) is 3.35. The van der Waals surface area contributed by atoms with Crippen molar-refractivity contribution < 1.29 is 42.8 Å². The third kappa shape index (κ3) is 4.40. The van der Waals surface area contributed by atoms with E-state index in [-0.39, 0.29) is 0 Å². The van der Waals surface area contributed by atoms with Gasteiger partial charge >= 0.3 is 0 Å². The van der Waals surface area contributed by atoms with Crippen LogP contribution in [0.15, 0.2) is 24.2 Å². The Kier molecular flexibility index (Phi) is 2.23. The standard InChI is InChI=1S/C19H27N3O4/c1-11(2)16(23)18(25)20-12(3)17(24)21-15-14-8-6-5-7-13(14)9-10-22(4)19(15)26/h5-8,11-12,15-16,23H,9-10H2,1-4H3,(H,20,25)(H,21,24)/t12-,15-,16-/m0/s1/i1D3,2D3,3D3,5D,6D,7D,8D,10D2,11D,15D. The maximum absolute atomic E-state index is 13.4. The first-order valence-electron chi connectivity index (χ1n) is 15.7. The van der Waals surface area contributed by atoms with Crippen LogP contribution < -0.4 is 10.6 Å². The molecule has 0 fully saturated rings. The number of nitrogens with one attached hydrogen (secondary N) is 2. The molecule has 0 radical (unpaired) electrons. The van der Waals surface area contributed by atoms with Crippen LogP contribution in [0.3, 0.4) is 0 Å². The zero-order valence-corrected chi connectivity index (χ0v) is 13.5. The van der Waals surface area contributed by atoms with Gasteiger partial charge in [-0.15, -0.1) is 0 Å². The van der Waals surface area contributed by atoms with Crippen LogP contribution in [0.25, 0.3) is 0 Å². The summed E-state index contributed by atoms with van der Waals surface area (Å²) in [6.07, 6.45) is -4.17. The number of hydrogen-bond acceptors (Lipinski definition) is 4. The number of aliphatic hydroxyl groups is 1. The zero-order valence-electron chi connectivity index (χ0n) is 30.5. The Bertz CT molecular complexity index is 1310. The molecule has 0 spiro atoms. The molecular weight excluding hydrogens is 334 g/mol. The van der Waals surface area contributed by atoms with E-state index < -0.39 is 111 Å². The van der Waals surface area contributed by atoms with Crippen molar-refractivity contribution in [3.63, 3.8) is 0 Å². The maximum atomic E-state index is 13.4. The predicted molar refractivity (Wildman–Crippen MR) is 97.1 cm³/mol. The molecule has 1 aliphatic rings. The summed E-state index contributed by atoms with van der Waals surface area (Å²) in [5.41, 5.74) is -1.54. The van der Waals surface area contributed by atoms with Crippen molar-refractivity contribution in [1.29, 1.82) is 0 Å². The lowest BCUT2D eigenvalue weighted by Gasteiger charge is -2.24. The molecule has 1 heterocycles. The van der Waals surface area contributed by atoms with Crippen molar-refractivity contribution in [2.45, 2.75) is 45.1 Å². The summed E-state index contributed by atoms with van der Waals surface area (Å²) in [5.74, 6) is -9.58. The molecule has 3 amide bonds. The average Bonchev–Trinajstić information content (AvgIpc) is 2.89. The van der Waals surface area contributed by atoms with Crippen LogP contribution in [0.2, 0.25) is 0 Å². The van der Waals surface area contributed by atoms with Crippen LogP contribution in [-0.4, -0.2) is 53.4 Å². The molecule has 2 rings (SSSR count). The van der Waals surface area contributed by atoms with E-state index in [1.165, 1.54) is 5.32 Å². The lowest BCUT2D eigenvalue weighted by atomic mass is 9.99. The van der Waals surface area contributed by atoms with Gasteiger partial charge < -0.3 is 20.6 Å². The Morgan fingerprint density at radius 1 is 1.42 bits per heavy atom. The average molecular weight is 379 g/mol.